The summed E-state index contributed by atoms with van der Waals surface area (Å²) < 4.78 is 55.2. The van der Waals surface area contributed by atoms with E-state index < -0.39 is 35.0 Å². The molecule has 0 fully saturated rings. The number of pyridine rings is 1. The molecule has 0 radical (unpaired) electrons. The average Bonchev–Trinajstić information content (AvgIpc) is 2.40. The van der Waals surface area contributed by atoms with Crippen molar-refractivity contribution in [2.45, 2.75) is 6.18 Å². The Morgan fingerprint density at radius 1 is 1.19 bits per heavy atom. The molecule has 1 heterocycles. The van der Waals surface area contributed by atoms with Crippen LogP contribution in [0.2, 0.25) is 0 Å². The first-order chi connectivity index (χ1) is 9.77. The molecule has 2 aromatic rings. The molecule has 0 aliphatic carbocycles. The van der Waals surface area contributed by atoms with Crippen molar-refractivity contribution in [1.29, 1.82) is 0 Å². The number of rotatable bonds is 3. The minimum atomic E-state index is -4.49. The van der Waals surface area contributed by atoms with Gasteiger partial charge in [0.1, 0.15) is 17.1 Å². The molecule has 0 saturated carbocycles. The zero-order valence-corrected chi connectivity index (χ0v) is 10.2. The Balaban J connectivity index is 2.28. The van der Waals surface area contributed by atoms with Gasteiger partial charge in [0.25, 0.3) is 0 Å². The first-order valence-corrected chi connectivity index (χ1v) is 5.51. The third kappa shape index (κ3) is 3.47. The molecule has 0 amide bonds. The van der Waals surface area contributed by atoms with Crippen molar-refractivity contribution in [1.82, 2.24) is 4.98 Å². The number of hydrogen-bond acceptors (Lipinski definition) is 3. The second-order valence-electron chi connectivity index (χ2n) is 3.94. The van der Waals surface area contributed by atoms with Crippen molar-refractivity contribution in [2.75, 3.05) is 0 Å². The molecule has 8 heteroatoms. The number of carbonyl (C=O) groups is 1. The number of halogens is 4. The van der Waals surface area contributed by atoms with Crippen molar-refractivity contribution in [3.05, 3.63) is 53.5 Å². The van der Waals surface area contributed by atoms with E-state index in [1.54, 1.807) is 0 Å². The maximum absolute atomic E-state index is 12.9. The fraction of sp³-hybridized carbons (Fsp3) is 0.0769. The summed E-state index contributed by atoms with van der Waals surface area (Å²) in [7, 11) is 0. The SMILES string of the molecule is O=C(O)c1cc(F)cnc1Oc1ccc(C(F)(F)F)cc1. The number of alkyl halides is 3. The highest BCUT2D eigenvalue weighted by Crippen LogP contribution is 2.31. The zero-order chi connectivity index (χ0) is 15.6. The Hall–Kier alpha value is -2.64. The van der Waals surface area contributed by atoms with Gasteiger partial charge in [-0.1, -0.05) is 0 Å². The molecule has 0 atom stereocenters. The van der Waals surface area contributed by atoms with Gasteiger partial charge in [-0.2, -0.15) is 13.2 Å². The molecule has 0 bridgehead atoms. The second kappa shape index (κ2) is 5.39. The average molecular weight is 301 g/mol. The minimum absolute atomic E-state index is 0.0513. The molecule has 0 unspecified atom stereocenters. The lowest BCUT2D eigenvalue weighted by Gasteiger charge is -2.09. The quantitative estimate of drug-likeness (QED) is 0.878. The topological polar surface area (TPSA) is 59.4 Å². The van der Waals surface area contributed by atoms with Crippen LogP contribution in [0.1, 0.15) is 15.9 Å². The van der Waals surface area contributed by atoms with Gasteiger partial charge >= 0.3 is 12.1 Å². The van der Waals surface area contributed by atoms with Gasteiger partial charge in [0.2, 0.25) is 5.88 Å². The van der Waals surface area contributed by atoms with Crippen LogP contribution in [-0.2, 0) is 6.18 Å². The smallest absolute Gasteiger partial charge is 0.416 e. The van der Waals surface area contributed by atoms with Crippen LogP contribution in [0.15, 0.2) is 36.5 Å². The highest BCUT2D eigenvalue weighted by molar-refractivity contribution is 5.90. The maximum Gasteiger partial charge on any atom is 0.416 e. The molecule has 0 saturated heterocycles. The summed E-state index contributed by atoms with van der Waals surface area (Å²) in [5.41, 5.74) is -1.41. The van der Waals surface area contributed by atoms with Gasteiger partial charge in [-0.05, 0) is 30.3 Å². The fourth-order valence-electron chi connectivity index (χ4n) is 1.48. The van der Waals surface area contributed by atoms with E-state index in [0.29, 0.717) is 6.07 Å². The summed E-state index contributed by atoms with van der Waals surface area (Å²) in [5.74, 6) is -2.80. The van der Waals surface area contributed by atoms with Crippen LogP contribution < -0.4 is 4.74 Å². The summed E-state index contributed by atoms with van der Waals surface area (Å²) in [6.07, 6.45) is -3.75. The summed E-state index contributed by atoms with van der Waals surface area (Å²) in [6.45, 7) is 0. The molecular weight excluding hydrogens is 294 g/mol. The number of ether oxygens (including phenoxy) is 1. The monoisotopic (exact) mass is 301 g/mol. The molecule has 0 aliphatic rings. The number of aromatic carboxylic acids is 1. The highest BCUT2D eigenvalue weighted by atomic mass is 19.4. The predicted octanol–water partition coefficient (Wildman–Crippen LogP) is 3.73. The molecule has 4 nitrogen and oxygen atoms in total. The van der Waals surface area contributed by atoms with Crippen LogP contribution >= 0.6 is 0 Å². The third-order valence-electron chi connectivity index (χ3n) is 2.44. The Morgan fingerprint density at radius 2 is 1.81 bits per heavy atom. The van der Waals surface area contributed by atoms with Crippen molar-refractivity contribution in [3.63, 3.8) is 0 Å². The van der Waals surface area contributed by atoms with Gasteiger partial charge in [-0.25, -0.2) is 14.2 Å². The number of hydrogen-bond donors (Lipinski definition) is 1. The van der Waals surface area contributed by atoms with Crippen LogP contribution in [0.3, 0.4) is 0 Å². The Kier molecular flexibility index (Phi) is 3.79. The molecule has 2 rings (SSSR count). The number of carboxylic acid groups (broad SMARTS) is 1. The highest BCUT2D eigenvalue weighted by Gasteiger charge is 2.30. The molecule has 21 heavy (non-hydrogen) atoms. The van der Waals surface area contributed by atoms with Crippen LogP contribution in [0.5, 0.6) is 11.6 Å². The van der Waals surface area contributed by atoms with Crippen molar-refractivity contribution in [2.24, 2.45) is 0 Å². The van der Waals surface area contributed by atoms with Gasteiger partial charge < -0.3 is 9.84 Å². The Bertz CT molecular complexity index is 668. The molecular formula is C13H7F4NO3. The summed E-state index contributed by atoms with van der Waals surface area (Å²) in [4.78, 5) is 14.4. The van der Waals surface area contributed by atoms with E-state index in [1.807, 2.05) is 0 Å². The summed E-state index contributed by atoms with van der Waals surface area (Å²) >= 11 is 0. The summed E-state index contributed by atoms with van der Waals surface area (Å²) in [6, 6.07) is 4.28. The normalized spacial score (nSPS) is 11.2. The zero-order valence-electron chi connectivity index (χ0n) is 10.2. The third-order valence-corrected chi connectivity index (χ3v) is 2.44. The molecule has 1 aromatic carbocycles. The number of nitrogens with zero attached hydrogens (tertiary/aromatic N) is 1. The first-order valence-electron chi connectivity index (χ1n) is 5.51. The number of aromatic nitrogens is 1. The van der Waals surface area contributed by atoms with Gasteiger partial charge in [-0.3, -0.25) is 0 Å². The van der Waals surface area contributed by atoms with E-state index in [2.05, 4.69) is 4.98 Å². The maximum atomic E-state index is 12.9. The van der Waals surface area contributed by atoms with Crippen LogP contribution in [-0.4, -0.2) is 16.1 Å². The Labute approximate surface area is 115 Å². The van der Waals surface area contributed by atoms with Crippen LogP contribution in [0.25, 0.3) is 0 Å². The molecule has 1 N–H and O–H groups in total. The Morgan fingerprint density at radius 3 is 2.33 bits per heavy atom. The van der Waals surface area contributed by atoms with Gasteiger partial charge in [0, 0.05) is 0 Å². The van der Waals surface area contributed by atoms with Gasteiger partial charge in [0.15, 0.2) is 0 Å². The molecule has 0 aliphatic heterocycles. The van der Waals surface area contributed by atoms with Crippen molar-refractivity contribution < 1.29 is 32.2 Å². The fourth-order valence-corrected chi connectivity index (χ4v) is 1.48. The lowest BCUT2D eigenvalue weighted by Crippen LogP contribution is -2.05. The molecule has 0 spiro atoms. The van der Waals surface area contributed by atoms with Gasteiger partial charge in [-0.15, -0.1) is 0 Å². The largest absolute Gasteiger partial charge is 0.477 e. The van der Waals surface area contributed by atoms with E-state index in [1.165, 1.54) is 0 Å². The van der Waals surface area contributed by atoms with Crippen LogP contribution in [0, 0.1) is 5.82 Å². The van der Waals surface area contributed by atoms with Gasteiger partial charge in [0.05, 0.1) is 11.8 Å². The predicted molar refractivity (Wildman–Crippen MR) is 62.7 cm³/mol. The first kappa shape index (κ1) is 14.8. The van der Waals surface area contributed by atoms with E-state index >= 15 is 0 Å². The standard InChI is InChI=1S/C13H7F4NO3/c14-8-5-10(12(19)20)11(18-6-8)21-9-3-1-7(2-4-9)13(15,16)17/h1-6H,(H,19,20). The van der Waals surface area contributed by atoms with E-state index in [0.717, 1.165) is 30.5 Å². The number of carboxylic acids is 1. The number of benzene rings is 1. The van der Waals surface area contributed by atoms with E-state index in [4.69, 9.17) is 9.84 Å². The van der Waals surface area contributed by atoms with Crippen molar-refractivity contribution >= 4 is 5.97 Å². The lowest BCUT2D eigenvalue weighted by molar-refractivity contribution is -0.137. The lowest BCUT2D eigenvalue weighted by atomic mass is 10.2. The van der Waals surface area contributed by atoms with Crippen molar-refractivity contribution in [3.8, 4) is 11.6 Å². The second-order valence-corrected chi connectivity index (χ2v) is 3.94. The summed E-state index contributed by atoms with van der Waals surface area (Å²) in [5, 5.41) is 8.88. The van der Waals surface area contributed by atoms with E-state index in [-0.39, 0.29) is 5.75 Å². The van der Waals surface area contributed by atoms with Crippen LogP contribution in [0.4, 0.5) is 17.6 Å². The minimum Gasteiger partial charge on any atom is -0.477 e. The van der Waals surface area contributed by atoms with E-state index in [9.17, 15) is 22.4 Å². The molecule has 110 valence electrons. The molecule has 1 aromatic heterocycles.